The number of alkyl halides is 1. The maximum absolute atomic E-state index is 12.0. The van der Waals surface area contributed by atoms with Crippen molar-refractivity contribution in [2.75, 3.05) is 6.54 Å². The number of nitrogens with one attached hydrogen (secondary N) is 1. The highest BCUT2D eigenvalue weighted by atomic mass is 35.5. The van der Waals surface area contributed by atoms with Crippen LogP contribution in [-0.2, 0) is 17.2 Å². The Bertz CT molecular complexity index is 622. The summed E-state index contributed by atoms with van der Waals surface area (Å²) >= 11 is 12.0. The van der Waals surface area contributed by atoms with Crippen LogP contribution in [0.15, 0.2) is 18.2 Å². The van der Waals surface area contributed by atoms with Gasteiger partial charge in [-0.25, -0.2) is 4.98 Å². The van der Waals surface area contributed by atoms with Crippen molar-refractivity contribution in [1.82, 2.24) is 14.9 Å². The van der Waals surface area contributed by atoms with Gasteiger partial charge < -0.3 is 9.88 Å². The summed E-state index contributed by atoms with van der Waals surface area (Å²) in [5, 5.41) is 3.45. The second-order valence-electron chi connectivity index (χ2n) is 5.05. The first-order chi connectivity index (χ1) is 9.52. The van der Waals surface area contributed by atoms with Crippen LogP contribution in [0.2, 0.25) is 5.02 Å². The lowest BCUT2D eigenvalue weighted by molar-refractivity contribution is -0.121. The van der Waals surface area contributed by atoms with Crippen LogP contribution in [0.3, 0.4) is 0 Å². The van der Waals surface area contributed by atoms with Crippen LogP contribution in [-0.4, -0.2) is 22.0 Å². The fourth-order valence-electron chi connectivity index (χ4n) is 1.96. The number of amides is 1. The lowest BCUT2D eigenvalue weighted by Crippen LogP contribution is -2.31. The molecule has 0 unspecified atom stereocenters. The number of para-hydroxylation sites is 1. The molecule has 20 heavy (non-hydrogen) atoms. The van der Waals surface area contributed by atoms with Gasteiger partial charge in [0.15, 0.2) is 0 Å². The predicted octanol–water partition coefficient (Wildman–Crippen LogP) is 3.20. The van der Waals surface area contributed by atoms with Crippen molar-refractivity contribution in [1.29, 1.82) is 0 Å². The summed E-state index contributed by atoms with van der Waals surface area (Å²) in [5.74, 6) is 1.25. The third-order valence-corrected chi connectivity index (χ3v) is 3.48. The highest BCUT2D eigenvalue weighted by Gasteiger charge is 2.14. The average molecular weight is 314 g/mol. The van der Waals surface area contributed by atoms with E-state index in [9.17, 15) is 4.79 Å². The molecule has 4 nitrogen and oxygen atoms in total. The molecular formula is C14H17Cl2N3O. The van der Waals surface area contributed by atoms with Crippen LogP contribution in [0.5, 0.6) is 0 Å². The van der Waals surface area contributed by atoms with Crippen molar-refractivity contribution < 1.29 is 4.79 Å². The van der Waals surface area contributed by atoms with E-state index in [2.05, 4.69) is 24.1 Å². The molecule has 0 aliphatic heterocycles. The minimum absolute atomic E-state index is 0.0515. The third kappa shape index (κ3) is 3.25. The molecule has 1 heterocycles. The molecule has 2 rings (SSSR count). The topological polar surface area (TPSA) is 46.9 Å². The summed E-state index contributed by atoms with van der Waals surface area (Å²) in [4.78, 5) is 16.4. The standard InChI is InChI=1S/C14H17Cl2N3O/c1-9(2)7-17-13(20)8-19-11-5-3-4-10(16)14(11)18-12(19)6-15/h3-5,9H,6-8H2,1-2H3,(H,17,20). The van der Waals surface area contributed by atoms with Gasteiger partial charge in [-0.3, -0.25) is 4.79 Å². The molecule has 0 spiro atoms. The van der Waals surface area contributed by atoms with E-state index in [1.807, 2.05) is 16.7 Å². The number of benzene rings is 1. The first kappa shape index (κ1) is 15.1. The van der Waals surface area contributed by atoms with Gasteiger partial charge in [-0.1, -0.05) is 31.5 Å². The molecule has 0 aliphatic rings. The first-order valence-electron chi connectivity index (χ1n) is 6.49. The highest BCUT2D eigenvalue weighted by Crippen LogP contribution is 2.24. The number of hydrogen-bond acceptors (Lipinski definition) is 2. The van der Waals surface area contributed by atoms with Crippen molar-refractivity contribution in [2.45, 2.75) is 26.3 Å². The SMILES string of the molecule is CC(C)CNC(=O)Cn1c(CCl)nc2c(Cl)cccc21. The zero-order valence-corrected chi connectivity index (χ0v) is 13.0. The molecule has 0 fully saturated rings. The van der Waals surface area contributed by atoms with E-state index in [1.54, 1.807) is 6.07 Å². The Morgan fingerprint density at radius 1 is 1.45 bits per heavy atom. The van der Waals surface area contributed by atoms with Crippen molar-refractivity contribution in [3.8, 4) is 0 Å². The Labute approximate surface area is 128 Å². The number of aromatic nitrogens is 2. The van der Waals surface area contributed by atoms with Crippen molar-refractivity contribution in [3.63, 3.8) is 0 Å². The number of halogens is 2. The van der Waals surface area contributed by atoms with Crippen LogP contribution in [0.1, 0.15) is 19.7 Å². The number of rotatable bonds is 5. The molecule has 0 atom stereocenters. The number of carbonyl (C=O) groups is 1. The summed E-state index contributed by atoms with van der Waals surface area (Å²) in [5.41, 5.74) is 1.51. The van der Waals surface area contributed by atoms with Crippen LogP contribution < -0.4 is 5.32 Å². The summed E-state index contributed by atoms with van der Waals surface area (Å²) in [6.45, 7) is 4.96. The lowest BCUT2D eigenvalue weighted by atomic mass is 10.2. The Morgan fingerprint density at radius 2 is 2.20 bits per heavy atom. The normalized spacial score (nSPS) is 11.2. The maximum Gasteiger partial charge on any atom is 0.240 e. The van der Waals surface area contributed by atoms with Gasteiger partial charge in [0.05, 0.1) is 16.4 Å². The van der Waals surface area contributed by atoms with E-state index in [1.165, 1.54) is 0 Å². The lowest BCUT2D eigenvalue weighted by Gasteiger charge is -2.10. The maximum atomic E-state index is 12.0. The van der Waals surface area contributed by atoms with Crippen LogP contribution >= 0.6 is 23.2 Å². The number of fused-ring (bicyclic) bond motifs is 1. The van der Waals surface area contributed by atoms with Gasteiger partial charge in [0.2, 0.25) is 5.91 Å². The molecule has 0 radical (unpaired) electrons. The van der Waals surface area contributed by atoms with Gasteiger partial charge >= 0.3 is 0 Å². The summed E-state index contributed by atoms with van der Waals surface area (Å²) < 4.78 is 1.81. The number of nitrogens with zero attached hydrogens (tertiary/aromatic N) is 2. The van der Waals surface area contributed by atoms with Gasteiger partial charge in [-0.2, -0.15) is 0 Å². The molecule has 1 amide bonds. The molecule has 0 aliphatic carbocycles. The van der Waals surface area contributed by atoms with Gasteiger partial charge in [-0.15, -0.1) is 11.6 Å². The quantitative estimate of drug-likeness (QED) is 0.862. The Morgan fingerprint density at radius 3 is 2.85 bits per heavy atom. The van der Waals surface area contributed by atoms with Gasteiger partial charge in [0.1, 0.15) is 17.9 Å². The van der Waals surface area contributed by atoms with Crippen molar-refractivity contribution in [3.05, 3.63) is 29.0 Å². The minimum atomic E-state index is -0.0515. The van der Waals surface area contributed by atoms with E-state index in [0.717, 1.165) is 5.52 Å². The number of imidazole rings is 1. The van der Waals surface area contributed by atoms with E-state index in [4.69, 9.17) is 23.2 Å². The van der Waals surface area contributed by atoms with Gasteiger partial charge in [-0.05, 0) is 18.1 Å². The molecule has 1 aromatic heterocycles. The second kappa shape index (κ2) is 6.46. The zero-order chi connectivity index (χ0) is 14.7. The molecule has 1 aromatic carbocycles. The molecule has 0 saturated carbocycles. The van der Waals surface area contributed by atoms with Crippen LogP contribution in [0, 0.1) is 5.92 Å². The fraction of sp³-hybridized carbons (Fsp3) is 0.429. The smallest absolute Gasteiger partial charge is 0.240 e. The fourth-order valence-corrected chi connectivity index (χ4v) is 2.37. The molecule has 0 saturated heterocycles. The Kier molecular flexibility index (Phi) is 4.89. The minimum Gasteiger partial charge on any atom is -0.354 e. The largest absolute Gasteiger partial charge is 0.354 e. The second-order valence-corrected chi connectivity index (χ2v) is 5.73. The first-order valence-corrected chi connectivity index (χ1v) is 7.40. The molecule has 1 N–H and O–H groups in total. The third-order valence-electron chi connectivity index (χ3n) is 2.94. The Hall–Kier alpha value is -1.26. The summed E-state index contributed by atoms with van der Waals surface area (Å²) in [7, 11) is 0. The van der Waals surface area contributed by atoms with Crippen molar-refractivity contribution >= 4 is 40.1 Å². The summed E-state index contributed by atoms with van der Waals surface area (Å²) in [6.07, 6.45) is 0. The molecule has 0 bridgehead atoms. The number of hydrogen-bond donors (Lipinski definition) is 1. The van der Waals surface area contributed by atoms with Gasteiger partial charge in [0, 0.05) is 6.54 Å². The van der Waals surface area contributed by atoms with Crippen LogP contribution in [0.4, 0.5) is 0 Å². The summed E-state index contributed by atoms with van der Waals surface area (Å²) in [6, 6.07) is 5.50. The molecular weight excluding hydrogens is 297 g/mol. The predicted molar refractivity (Wildman–Crippen MR) is 82.1 cm³/mol. The van der Waals surface area contributed by atoms with E-state index >= 15 is 0 Å². The molecule has 6 heteroatoms. The zero-order valence-electron chi connectivity index (χ0n) is 11.5. The highest BCUT2D eigenvalue weighted by molar-refractivity contribution is 6.35. The van der Waals surface area contributed by atoms with E-state index < -0.39 is 0 Å². The number of carbonyl (C=O) groups excluding carboxylic acids is 1. The molecule has 2 aromatic rings. The van der Waals surface area contributed by atoms with E-state index in [-0.39, 0.29) is 18.3 Å². The monoisotopic (exact) mass is 313 g/mol. The molecule has 108 valence electrons. The van der Waals surface area contributed by atoms with Crippen molar-refractivity contribution in [2.24, 2.45) is 5.92 Å². The Balaban J connectivity index is 2.28. The van der Waals surface area contributed by atoms with E-state index in [0.29, 0.717) is 28.8 Å². The van der Waals surface area contributed by atoms with Gasteiger partial charge in [0.25, 0.3) is 0 Å². The average Bonchev–Trinajstić information content (AvgIpc) is 2.76. The van der Waals surface area contributed by atoms with Crippen LogP contribution in [0.25, 0.3) is 11.0 Å².